The van der Waals surface area contributed by atoms with Crippen LogP contribution in [0.1, 0.15) is 19.3 Å². The van der Waals surface area contributed by atoms with Crippen molar-refractivity contribution in [3.8, 4) is 0 Å². The molecule has 1 heterocycles. The van der Waals surface area contributed by atoms with E-state index in [0.29, 0.717) is 0 Å². The second kappa shape index (κ2) is 4.65. The maximum atomic E-state index is 10.3. The summed E-state index contributed by atoms with van der Waals surface area (Å²) in [5, 5.41) is 8.46. The predicted molar refractivity (Wildman–Crippen MR) is 40.6 cm³/mol. The third-order valence-corrected chi connectivity index (χ3v) is 1.63. The molecule has 0 radical (unpaired) electrons. The van der Waals surface area contributed by atoms with E-state index < -0.39 is 6.09 Å². The second-order valence-electron chi connectivity index (χ2n) is 2.33. The van der Waals surface area contributed by atoms with Crippen molar-refractivity contribution in [2.24, 2.45) is 0 Å². The van der Waals surface area contributed by atoms with E-state index in [0.717, 1.165) is 25.9 Å². The number of hydrogen-bond donors (Lipinski definition) is 1. The standard InChI is InChI=1S/C6H11NO2.Li.H/c8-6(9)7-4-2-1-3-5-7;;/h1-5H2,(H,8,9);;. The first kappa shape index (κ1) is 9.87. The fraction of sp³-hybridized carbons (Fsp3) is 0.833. The number of piperidine rings is 1. The van der Waals surface area contributed by atoms with Crippen molar-refractivity contribution in [1.29, 1.82) is 0 Å². The van der Waals surface area contributed by atoms with Gasteiger partial charge in [0.05, 0.1) is 0 Å². The molecule has 3 nitrogen and oxygen atoms in total. The maximum absolute atomic E-state index is 10.3. The molecule has 54 valence electrons. The summed E-state index contributed by atoms with van der Waals surface area (Å²) in [5.74, 6) is 0. The fourth-order valence-electron chi connectivity index (χ4n) is 1.09. The van der Waals surface area contributed by atoms with Crippen LogP contribution in [0.25, 0.3) is 0 Å². The van der Waals surface area contributed by atoms with Gasteiger partial charge in [-0.15, -0.1) is 0 Å². The minimum absolute atomic E-state index is 0. The third-order valence-electron chi connectivity index (χ3n) is 1.63. The molecular formula is C6H12LiNO2. The Morgan fingerprint density at radius 2 is 1.70 bits per heavy atom. The zero-order chi connectivity index (χ0) is 6.69. The van der Waals surface area contributed by atoms with Crippen LogP contribution in [-0.4, -0.2) is 48.0 Å². The molecule has 1 N–H and O–H groups in total. The van der Waals surface area contributed by atoms with Crippen LogP contribution in [-0.2, 0) is 0 Å². The summed E-state index contributed by atoms with van der Waals surface area (Å²) >= 11 is 0. The van der Waals surface area contributed by atoms with Crippen molar-refractivity contribution >= 4 is 25.0 Å². The average Bonchev–Trinajstić information content (AvgIpc) is 1.90. The molecule has 0 aromatic rings. The average molecular weight is 137 g/mol. The van der Waals surface area contributed by atoms with E-state index in [1.54, 1.807) is 0 Å². The SMILES string of the molecule is O=C(O)N1CCCCC1.[LiH]. The predicted octanol–water partition coefficient (Wildman–Crippen LogP) is 0.502. The molecule has 0 aromatic heterocycles. The summed E-state index contributed by atoms with van der Waals surface area (Å²) in [6, 6.07) is 0. The van der Waals surface area contributed by atoms with E-state index in [4.69, 9.17) is 5.11 Å². The molecule has 0 aromatic carbocycles. The van der Waals surface area contributed by atoms with Crippen molar-refractivity contribution < 1.29 is 9.90 Å². The Morgan fingerprint density at radius 1 is 1.20 bits per heavy atom. The first-order chi connectivity index (χ1) is 4.30. The number of nitrogens with zero attached hydrogens (tertiary/aromatic N) is 1. The van der Waals surface area contributed by atoms with Crippen LogP contribution in [0.4, 0.5) is 4.79 Å². The van der Waals surface area contributed by atoms with Gasteiger partial charge in [0, 0.05) is 13.1 Å². The van der Waals surface area contributed by atoms with Crippen LogP contribution in [0.15, 0.2) is 0 Å². The van der Waals surface area contributed by atoms with Crippen LogP contribution in [0, 0.1) is 0 Å². The molecule has 0 saturated carbocycles. The normalized spacial score (nSPS) is 17.8. The molecular weight excluding hydrogens is 125 g/mol. The number of amides is 1. The summed E-state index contributed by atoms with van der Waals surface area (Å²) in [5.41, 5.74) is 0. The van der Waals surface area contributed by atoms with E-state index in [-0.39, 0.29) is 18.9 Å². The van der Waals surface area contributed by atoms with Crippen LogP contribution in [0.5, 0.6) is 0 Å². The zero-order valence-electron chi connectivity index (χ0n) is 5.34. The molecule has 0 bridgehead atoms. The fourth-order valence-corrected chi connectivity index (χ4v) is 1.09. The van der Waals surface area contributed by atoms with Crippen molar-refractivity contribution in [3.63, 3.8) is 0 Å². The van der Waals surface area contributed by atoms with Crippen molar-refractivity contribution in [1.82, 2.24) is 4.90 Å². The molecule has 10 heavy (non-hydrogen) atoms. The van der Waals surface area contributed by atoms with Gasteiger partial charge in [0.2, 0.25) is 0 Å². The Balaban J connectivity index is 0.000000810. The van der Waals surface area contributed by atoms with Gasteiger partial charge in [0.25, 0.3) is 0 Å². The quantitative estimate of drug-likeness (QED) is 0.494. The van der Waals surface area contributed by atoms with Gasteiger partial charge in [-0.2, -0.15) is 0 Å². The van der Waals surface area contributed by atoms with E-state index >= 15 is 0 Å². The Morgan fingerprint density at radius 3 is 2.00 bits per heavy atom. The van der Waals surface area contributed by atoms with Crippen LogP contribution < -0.4 is 0 Å². The molecule has 1 fully saturated rings. The van der Waals surface area contributed by atoms with E-state index in [1.165, 1.54) is 11.3 Å². The molecule has 4 heteroatoms. The van der Waals surface area contributed by atoms with Gasteiger partial charge in [-0.25, -0.2) is 4.79 Å². The van der Waals surface area contributed by atoms with E-state index in [9.17, 15) is 4.79 Å². The molecule has 1 rings (SSSR count). The summed E-state index contributed by atoms with van der Waals surface area (Å²) < 4.78 is 0. The summed E-state index contributed by atoms with van der Waals surface area (Å²) in [7, 11) is 0. The summed E-state index contributed by atoms with van der Waals surface area (Å²) in [4.78, 5) is 11.8. The van der Waals surface area contributed by atoms with Crippen molar-refractivity contribution in [3.05, 3.63) is 0 Å². The first-order valence-electron chi connectivity index (χ1n) is 3.28. The first-order valence-corrected chi connectivity index (χ1v) is 3.28. The van der Waals surface area contributed by atoms with Gasteiger partial charge in [-0.05, 0) is 19.3 Å². The molecule has 0 unspecified atom stereocenters. The van der Waals surface area contributed by atoms with Gasteiger partial charge in [-0.3, -0.25) is 0 Å². The zero-order valence-corrected chi connectivity index (χ0v) is 5.34. The third kappa shape index (κ3) is 2.63. The molecule has 1 amide bonds. The van der Waals surface area contributed by atoms with Gasteiger partial charge in [0.1, 0.15) is 0 Å². The summed E-state index contributed by atoms with van der Waals surface area (Å²) in [6.07, 6.45) is 2.48. The molecule has 1 aliphatic rings. The molecule has 1 saturated heterocycles. The summed E-state index contributed by atoms with van der Waals surface area (Å²) in [6.45, 7) is 1.46. The van der Waals surface area contributed by atoms with Crippen LogP contribution in [0.2, 0.25) is 0 Å². The Kier molecular flexibility index (Phi) is 4.59. The van der Waals surface area contributed by atoms with Gasteiger partial charge in [-0.1, -0.05) is 0 Å². The minimum atomic E-state index is -0.769. The number of likely N-dealkylation sites (tertiary alicyclic amines) is 1. The van der Waals surface area contributed by atoms with E-state index in [1.807, 2.05) is 0 Å². The van der Waals surface area contributed by atoms with Crippen LogP contribution >= 0.6 is 0 Å². The number of carbonyl (C=O) groups is 1. The van der Waals surface area contributed by atoms with Gasteiger partial charge in [0.15, 0.2) is 0 Å². The molecule has 0 spiro atoms. The number of carboxylic acid groups (broad SMARTS) is 1. The second-order valence-corrected chi connectivity index (χ2v) is 2.33. The Bertz CT molecular complexity index is 112. The van der Waals surface area contributed by atoms with Crippen LogP contribution in [0.3, 0.4) is 0 Å². The molecule has 0 aliphatic carbocycles. The van der Waals surface area contributed by atoms with Gasteiger partial charge >= 0.3 is 25.0 Å². The molecule has 0 atom stereocenters. The topological polar surface area (TPSA) is 40.5 Å². The Hall–Kier alpha value is -0.133. The number of rotatable bonds is 0. The van der Waals surface area contributed by atoms with E-state index in [2.05, 4.69) is 0 Å². The number of hydrogen-bond acceptors (Lipinski definition) is 1. The Labute approximate surface area is 72.6 Å². The monoisotopic (exact) mass is 137 g/mol. The van der Waals surface area contributed by atoms with Crippen molar-refractivity contribution in [2.75, 3.05) is 13.1 Å². The molecule has 1 aliphatic heterocycles. The van der Waals surface area contributed by atoms with Gasteiger partial charge < -0.3 is 10.0 Å². The van der Waals surface area contributed by atoms with Crippen molar-refractivity contribution in [2.45, 2.75) is 19.3 Å².